The van der Waals surface area contributed by atoms with Gasteiger partial charge in [0.2, 0.25) is 0 Å². The van der Waals surface area contributed by atoms with E-state index in [0.717, 1.165) is 24.3 Å². The van der Waals surface area contributed by atoms with Crippen LogP contribution in [0.5, 0.6) is 0 Å². The summed E-state index contributed by atoms with van der Waals surface area (Å²) in [6, 6.07) is 5.37. The number of amides is 1. The van der Waals surface area contributed by atoms with Gasteiger partial charge < -0.3 is 5.32 Å². The van der Waals surface area contributed by atoms with Gasteiger partial charge in [0.05, 0.1) is 54.9 Å². The van der Waals surface area contributed by atoms with Crippen molar-refractivity contribution in [2.24, 2.45) is 0 Å². The van der Waals surface area contributed by atoms with Crippen LogP contribution in [0.1, 0.15) is 19.3 Å². The molecule has 0 saturated heterocycles. The number of benzene rings is 4. The van der Waals surface area contributed by atoms with Gasteiger partial charge in [-0.3, -0.25) is 18.5 Å². The van der Waals surface area contributed by atoms with Crippen molar-refractivity contribution in [2.45, 2.75) is 40.1 Å². The van der Waals surface area contributed by atoms with Crippen molar-refractivity contribution in [3.05, 3.63) is 36.4 Å². The number of hydrogen-bond donors (Lipinski definition) is 4. The highest BCUT2D eigenvalue weighted by Gasteiger charge is 2.39. The van der Waals surface area contributed by atoms with E-state index in [0.29, 0.717) is 12.1 Å². The average Bonchev–Trinajstić information content (AvgIpc) is 2.96. The summed E-state index contributed by atoms with van der Waals surface area (Å²) in [6.07, 6.45) is -7.66. The second kappa shape index (κ2) is 14.4. The normalized spacial score (nSPS) is 14.0. The molecule has 4 aromatic rings. The van der Waals surface area contributed by atoms with Gasteiger partial charge in [-0.2, -0.15) is 38.4 Å². The molecule has 53 heavy (non-hydrogen) atoms. The molecule has 26 heteroatoms. The topological polar surface area (TPSA) is 295 Å². The molecule has 17 nitrogen and oxygen atoms in total. The van der Waals surface area contributed by atoms with Crippen molar-refractivity contribution >= 4 is 104 Å². The van der Waals surface area contributed by atoms with Gasteiger partial charge in [0.1, 0.15) is 0 Å². The lowest BCUT2D eigenvalue weighted by Gasteiger charge is -2.21. The molecule has 0 aromatic heterocycles. The number of sulfone groups is 3. The number of halogens is 3. The van der Waals surface area contributed by atoms with E-state index >= 15 is 0 Å². The molecule has 0 radical (unpaired) electrons. The Morgan fingerprint density at radius 2 is 0.811 bits per heavy atom. The highest BCUT2D eigenvalue weighted by Crippen LogP contribution is 2.45. The third-order valence-electron chi connectivity index (χ3n) is 7.74. The first-order valence-electron chi connectivity index (χ1n) is 14.6. The molecule has 4 rings (SSSR count). The fraction of sp³-hybridized carbons (Fsp3) is 0.370. The van der Waals surface area contributed by atoms with Crippen molar-refractivity contribution in [3.8, 4) is 0 Å². The van der Waals surface area contributed by atoms with E-state index in [4.69, 9.17) is 13.7 Å². The largest absolute Gasteiger partial charge is 0.471 e. The minimum atomic E-state index is -5.52. The lowest BCUT2D eigenvalue weighted by Crippen LogP contribution is -2.30. The average molecular weight is 872 g/mol. The molecule has 0 aliphatic rings. The van der Waals surface area contributed by atoms with Crippen LogP contribution in [0.4, 0.5) is 18.9 Å². The van der Waals surface area contributed by atoms with Gasteiger partial charge in [-0.15, -0.1) is 0 Å². The van der Waals surface area contributed by atoms with Crippen LogP contribution in [0.25, 0.3) is 32.3 Å². The van der Waals surface area contributed by atoms with Crippen LogP contribution in [0.2, 0.25) is 0 Å². The summed E-state index contributed by atoms with van der Waals surface area (Å²) in [5.41, 5.74) is -0.804. The number of anilines is 1. The summed E-state index contributed by atoms with van der Waals surface area (Å²) in [6.45, 7) is 0. The smallest absolute Gasteiger partial charge is 0.318 e. The summed E-state index contributed by atoms with van der Waals surface area (Å²) in [5, 5.41) is -0.653. The van der Waals surface area contributed by atoms with E-state index in [1.165, 1.54) is 0 Å². The fourth-order valence-corrected chi connectivity index (χ4v) is 12.4. The van der Waals surface area contributed by atoms with E-state index in [1.807, 2.05) is 0 Å². The SMILES string of the molecule is O=C(Nc1cc(S(=O)(=O)CCCS(=O)(=O)O)c2ccc3c(S(=O)(=O)CCCS(=O)(=O)O)cc(S(=O)(=O)CCCS(=O)(=O)O)c4ccc1c2c43)C(F)(F)F. The van der Waals surface area contributed by atoms with Crippen LogP contribution in [-0.4, -0.2) is 111 Å². The zero-order valence-corrected chi connectivity index (χ0v) is 31.5. The third kappa shape index (κ3) is 10.1. The number of carbonyl (C=O) groups is 1. The number of hydrogen-bond acceptors (Lipinski definition) is 13. The molecule has 294 valence electrons. The number of carbonyl (C=O) groups excluding carboxylic acids is 1. The lowest BCUT2D eigenvalue weighted by atomic mass is 9.93. The number of alkyl halides is 3. The Balaban J connectivity index is 2.16. The van der Waals surface area contributed by atoms with Gasteiger partial charge in [-0.1, -0.05) is 24.3 Å². The minimum Gasteiger partial charge on any atom is -0.318 e. The zero-order valence-electron chi connectivity index (χ0n) is 26.6. The highest BCUT2D eigenvalue weighted by atomic mass is 32.2. The zero-order chi connectivity index (χ0) is 40.2. The standard InChI is InChI=1S/C27H28F3NO16S6/c28-27(29,30)26(32)31-20-14-21(48(33,34)8-1-11-51(39,40)41)17-6-7-19-23(50(37,38)10-3-13-53(45,46)47)15-22(18-5-4-16(20)24(17)25(18)19)49(35,36)9-2-12-52(42,43)44/h4-7,14-15H,1-3,8-13H2,(H,31,32)(H,39,40,41)(H,42,43,44)(H,45,46,47). The van der Waals surface area contributed by atoms with Gasteiger partial charge in [0.25, 0.3) is 30.4 Å². The molecule has 0 atom stereocenters. The van der Waals surface area contributed by atoms with Crippen LogP contribution in [0, 0.1) is 0 Å². The van der Waals surface area contributed by atoms with Gasteiger partial charge in [-0.05, 0) is 31.4 Å². The van der Waals surface area contributed by atoms with Crippen molar-refractivity contribution in [1.82, 2.24) is 0 Å². The van der Waals surface area contributed by atoms with Crippen molar-refractivity contribution in [1.29, 1.82) is 0 Å². The maximum absolute atomic E-state index is 13.7. The lowest BCUT2D eigenvalue weighted by molar-refractivity contribution is -0.167. The van der Waals surface area contributed by atoms with Crippen LogP contribution < -0.4 is 5.32 Å². The summed E-state index contributed by atoms with van der Waals surface area (Å²) < 4.78 is 217. The maximum Gasteiger partial charge on any atom is 0.471 e. The van der Waals surface area contributed by atoms with Crippen LogP contribution in [-0.2, 0) is 64.7 Å². The summed E-state index contributed by atoms with van der Waals surface area (Å²) in [5.74, 6) is -8.76. The predicted molar refractivity (Wildman–Crippen MR) is 184 cm³/mol. The fourth-order valence-electron chi connectivity index (χ4n) is 5.59. The van der Waals surface area contributed by atoms with Gasteiger partial charge in [0, 0.05) is 32.3 Å². The molecule has 0 unspecified atom stereocenters. The summed E-state index contributed by atoms with van der Waals surface area (Å²) >= 11 is 0. The molecule has 0 saturated carbocycles. The highest BCUT2D eigenvalue weighted by molar-refractivity contribution is 7.93. The molecule has 0 heterocycles. The Kier molecular flexibility index (Phi) is 11.6. The van der Waals surface area contributed by atoms with Crippen LogP contribution in [0.3, 0.4) is 0 Å². The van der Waals surface area contributed by atoms with Crippen LogP contribution >= 0.6 is 0 Å². The minimum absolute atomic E-state index is 0.351. The number of rotatable bonds is 16. The van der Waals surface area contributed by atoms with Crippen molar-refractivity contribution < 1.29 is 82.1 Å². The van der Waals surface area contributed by atoms with Gasteiger partial charge >= 0.3 is 12.1 Å². The molecule has 0 fully saturated rings. The maximum atomic E-state index is 13.7. The first-order chi connectivity index (χ1) is 23.9. The van der Waals surface area contributed by atoms with Crippen LogP contribution in [0.15, 0.2) is 51.1 Å². The molecule has 1 amide bonds. The molecule has 0 aliphatic carbocycles. The van der Waals surface area contributed by atoms with Crippen molar-refractivity contribution in [3.63, 3.8) is 0 Å². The Labute approximate surface area is 300 Å². The Morgan fingerprint density at radius 3 is 1.13 bits per heavy atom. The quantitative estimate of drug-likeness (QED) is 0.0927. The molecule has 4 aromatic carbocycles. The Bertz CT molecular complexity index is 2710. The van der Waals surface area contributed by atoms with E-state index in [9.17, 15) is 68.5 Å². The summed E-state index contributed by atoms with van der Waals surface area (Å²) in [4.78, 5) is 9.67. The molecular weight excluding hydrogens is 844 g/mol. The first-order valence-corrected chi connectivity index (χ1v) is 24.4. The van der Waals surface area contributed by atoms with Gasteiger partial charge in [-0.25, -0.2) is 25.3 Å². The van der Waals surface area contributed by atoms with E-state index < -0.39 is 151 Å². The molecular formula is C27H28F3NO16S6. The third-order valence-corrected chi connectivity index (χ3v) is 15.7. The van der Waals surface area contributed by atoms with E-state index in [2.05, 4.69) is 0 Å². The number of nitrogens with one attached hydrogen (secondary N) is 1. The first kappa shape index (κ1) is 42.5. The van der Waals surface area contributed by atoms with Gasteiger partial charge in [0.15, 0.2) is 29.5 Å². The predicted octanol–water partition coefficient (Wildman–Crippen LogP) is 2.24. The second-order valence-corrected chi connectivity index (χ2v) is 22.6. The summed E-state index contributed by atoms with van der Waals surface area (Å²) in [7, 11) is -28.2. The van der Waals surface area contributed by atoms with Crippen molar-refractivity contribution in [2.75, 3.05) is 39.8 Å². The Morgan fingerprint density at radius 1 is 0.509 bits per heavy atom. The monoisotopic (exact) mass is 871 g/mol. The molecule has 0 bridgehead atoms. The van der Waals surface area contributed by atoms with E-state index in [-0.39, 0.29) is 26.9 Å². The molecule has 0 spiro atoms. The molecule has 4 N–H and O–H groups in total. The molecule has 0 aliphatic heterocycles. The van der Waals surface area contributed by atoms with E-state index in [1.54, 1.807) is 5.32 Å². The Hall–Kier alpha value is -3.24. The second-order valence-electron chi connectivity index (χ2n) is 11.7.